The maximum Gasteiger partial charge on any atom is 0.230 e. The standard InChI is InChI=1S/C15H19N5O2/c1-21-7-12-17-6-11(13(16)18-12)14-19-15(22-20-14)10-5-8-2-3-9(10)4-8/h6,8-10H,2-5,7H2,1H3,(H2,16,17,18)/t8-,9-,10-/m0/s1. The molecule has 0 aromatic carbocycles. The molecular weight excluding hydrogens is 282 g/mol. The molecule has 2 aromatic heterocycles. The lowest BCUT2D eigenvalue weighted by molar-refractivity contribution is 0.178. The van der Waals surface area contributed by atoms with Gasteiger partial charge < -0.3 is 15.0 Å². The first-order valence-electron chi connectivity index (χ1n) is 7.69. The van der Waals surface area contributed by atoms with Crippen LogP contribution >= 0.6 is 0 Å². The van der Waals surface area contributed by atoms with Gasteiger partial charge in [-0.15, -0.1) is 0 Å². The summed E-state index contributed by atoms with van der Waals surface area (Å²) in [5.41, 5.74) is 6.59. The molecule has 2 aliphatic carbocycles. The van der Waals surface area contributed by atoms with E-state index in [0.29, 0.717) is 41.5 Å². The quantitative estimate of drug-likeness (QED) is 0.923. The number of aromatic nitrogens is 4. The highest BCUT2D eigenvalue weighted by atomic mass is 16.5. The molecule has 2 saturated carbocycles. The molecule has 2 aliphatic rings. The molecule has 7 nitrogen and oxygen atoms in total. The van der Waals surface area contributed by atoms with Crippen LogP contribution in [0.5, 0.6) is 0 Å². The third-order valence-electron chi connectivity index (χ3n) is 4.88. The molecule has 4 rings (SSSR count). The van der Waals surface area contributed by atoms with Gasteiger partial charge in [0.25, 0.3) is 0 Å². The number of ether oxygens (including phenoxy) is 1. The summed E-state index contributed by atoms with van der Waals surface area (Å²) in [6.07, 6.45) is 6.74. The highest BCUT2D eigenvalue weighted by Gasteiger charge is 2.43. The van der Waals surface area contributed by atoms with Crippen LogP contribution in [0.3, 0.4) is 0 Å². The van der Waals surface area contributed by atoms with Crippen LogP contribution < -0.4 is 5.73 Å². The Kier molecular flexibility index (Phi) is 3.29. The zero-order valence-electron chi connectivity index (χ0n) is 12.5. The van der Waals surface area contributed by atoms with Crippen LogP contribution in [-0.2, 0) is 11.3 Å². The minimum Gasteiger partial charge on any atom is -0.383 e. The second-order valence-electron chi connectivity index (χ2n) is 6.26. The number of nitrogens with two attached hydrogens (primary N) is 1. The van der Waals surface area contributed by atoms with Crippen molar-refractivity contribution in [3.8, 4) is 11.4 Å². The highest BCUT2D eigenvalue weighted by molar-refractivity contribution is 5.66. The largest absolute Gasteiger partial charge is 0.383 e. The number of fused-ring (bicyclic) bond motifs is 2. The fourth-order valence-corrected chi connectivity index (χ4v) is 3.85. The minimum atomic E-state index is 0.327. The van der Waals surface area contributed by atoms with Gasteiger partial charge in [0.1, 0.15) is 12.4 Å². The van der Waals surface area contributed by atoms with Gasteiger partial charge in [0.15, 0.2) is 5.82 Å². The molecule has 7 heteroatoms. The Labute approximate surface area is 128 Å². The predicted octanol–water partition coefficient (Wildman–Crippen LogP) is 2.16. The lowest BCUT2D eigenvalue weighted by Crippen LogP contribution is -2.08. The molecule has 0 saturated heterocycles. The van der Waals surface area contributed by atoms with Crippen LogP contribution in [0.4, 0.5) is 5.82 Å². The zero-order chi connectivity index (χ0) is 15.1. The summed E-state index contributed by atoms with van der Waals surface area (Å²) in [5.74, 6) is 4.06. The average molecular weight is 301 g/mol. The molecule has 22 heavy (non-hydrogen) atoms. The van der Waals surface area contributed by atoms with E-state index in [0.717, 1.165) is 11.8 Å². The summed E-state index contributed by atoms with van der Waals surface area (Å²) < 4.78 is 10.5. The Morgan fingerprint density at radius 3 is 2.91 bits per heavy atom. The van der Waals surface area contributed by atoms with E-state index < -0.39 is 0 Å². The SMILES string of the molecule is COCc1ncc(-c2noc([C@H]3C[C@H]4CC[C@H]3C4)n2)c(N)n1. The number of hydrogen-bond donors (Lipinski definition) is 1. The van der Waals surface area contributed by atoms with Gasteiger partial charge in [0.05, 0.1) is 5.56 Å². The van der Waals surface area contributed by atoms with Gasteiger partial charge in [-0.1, -0.05) is 11.6 Å². The van der Waals surface area contributed by atoms with Crippen molar-refractivity contribution in [3.63, 3.8) is 0 Å². The minimum absolute atomic E-state index is 0.327. The van der Waals surface area contributed by atoms with Crippen molar-refractivity contribution < 1.29 is 9.26 Å². The van der Waals surface area contributed by atoms with Crippen LogP contribution in [0.1, 0.15) is 43.3 Å². The van der Waals surface area contributed by atoms with Crippen LogP contribution in [0.2, 0.25) is 0 Å². The van der Waals surface area contributed by atoms with Gasteiger partial charge in [-0.3, -0.25) is 0 Å². The third kappa shape index (κ3) is 2.25. The summed E-state index contributed by atoms with van der Waals surface area (Å²) in [6, 6.07) is 0. The predicted molar refractivity (Wildman–Crippen MR) is 78.6 cm³/mol. The van der Waals surface area contributed by atoms with Crippen molar-refractivity contribution in [2.75, 3.05) is 12.8 Å². The Morgan fingerprint density at radius 1 is 1.32 bits per heavy atom. The molecule has 3 atom stereocenters. The fourth-order valence-electron chi connectivity index (χ4n) is 3.85. The first-order chi connectivity index (χ1) is 10.7. The average Bonchev–Trinajstić information content (AvgIpc) is 3.24. The van der Waals surface area contributed by atoms with Crippen LogP contribution in [-0.4, -0.2) is 27.2 Å². The molecule has 2 bridgehead atoms. The first-order valence-corrected chi connectivity index (χ1v) is 7.69. The van der Waals surface area contributed by atoms with Gasteiger partial charge in [-0.05, 0) is 31.1 Å². The molecule has 0 unspecified atom stereocenters. The van der Waals surface area contributed by atoms with E-state index in [-0.39, 0.29) is 0 Å². The molecule has 2 aromatic rings. The third-order valence-corrected chi connectivity index (χ3v) is 4.88. The topological polar surface area (TPSA) is 100.0 Å². The maximum atomic E-state index is 5.98. The Bertz CT molecular complexity index is 686. The molecule has 0 radical (unpaired) electrons. The Morgan fingerprint density at radius 2 is 2.23 bits per heavy atom. The number of methoxy groups -OCH3 is 1. The molecule has 116 valence electrons. The summed E-state index contributed by atoms with van der Waals surface area (Å²) in [4.78, 5) is 13.0. The normalized spacial score (nSPS) is 26.7. The summed E-state index contributed by atoms with van der Waals surface area (Å²) >= 11 is 0. The molecule has 2 fully saturated rings. The molecular formula is C15H19N5O2. The smallest absolute Gasteiger partial charge is 0.230 e. The lowest BCUT2D eigenvalue weighted by Gasteiger charge is -2.16. The van der Waals surface area contributed by atoms with Crippen LogP contribution in [0, 0.1) is 11.8 Å². The number of anilines is 1. The van der Waals surface area contributed by atoms with Crippen molar-refractivity contribution >= 4 is 5.82 Å². The number of nitrogens with zero attached hydrogens (tertiary/aromatic N) is 4. The van der Waals surface area contributed by atoms with E-state index >= 15 is 0 Å². The fraction of sp³-hybridized carbons (Fsp3) is 0.600. The number of rotatable bonds is 4. The van der Waals surface area contributed by atoms with Gasteiger partial charge in [-0.25, -0.2) is 9.97 Å². The number of hydrogen-bond acceptors (Lipinski definition) is 7. The van der Waals surface area contributed by atoms with E-state index in [1.165, 1.54) is 25.7 Å². The molecule has 2 N–H and O–H groups in total. The maximum absolute atomic E-state index is 5.98. The van der Waals surface area contributed by atoms with E-state index in [9.17, 15) is 0 Å². The van der Waals surface area contributed by atoms with Crippen molar-refractivity contribution in [3.05, 3.63) is 17.9 Å². The van der Waals surface area contributed by atoms with Crippen molar-refractivity contribution in [2.45, 2.75) is 38.2 Å². The molecule has 0 amide bonds. The summed E-state index contributed by atoms with van der Waals surface area (Å²) in [6.45, 7) is 0.327. The van der Waals surface area contributed by atoms with Gasteiger partial charge in [0.2, 0.25) is 11.7 Å². The van der Waals surface area contributed by atoms with Gasteiger partial charge in [-0.2, -0.15) is 4.98 Å². The van der Waals surface area contributed by atoms with Gasteiger partial charge >= 0.3 is 0 Å². The molecule has 0 aliphatic heterocycles. The second kappa shape index (κ2) is 5.31. The Balaban J connectivity index is 1.59. The Hall–Kier alpha value is -2.02. The molecule has 0 spiro atoms. The number of nitrogen functional groups attached to an aromatic ring is 1. The van der Waals surface area contributed by atoms with E-state index in [2.05, 4.69) is 20.1 Å². The van der Waals surface area contributed by atoms with E-state index in [4.69, 9.17) is 15.0 Å². The highest BCUT2D eigenvalue weighted by Crippen LogP contribution is 2.52. The molecule has 2 heterocycles. The summed E-state index contributed by atoms with van der Waals surface area (Å²) in [7, 11) is 1.59. The monoisotopic (exact) mass is 301 g/mol. The van der Waals surface area contributed by atoms with Crippen molar-refractivity contribution in [2.24, 2.45) is 11.8 Å². The zero-order valence-corrected chi connectivity index (χ0v) is 12.5. The van der Waals surface area contributed by atoms with Crippen molar-refractivity contribution in [1.29, 1.82) is 0 Å². The van der Waals surface area contributed by atoms with E-state index in [1.54, 1.807) is 13.3 Å². The second-order valence-corrected chi connectivity index (χ2v) is 6.26. The van der Waals surface area contributed by atoms with Gasteiger partial charge in [0, 0.05) is 19.2 Å². The van der Waals surface area contributed by atoms with Crippen molar-refractivity contribution in [1.82, 2.24) is 20.1 Å². The van der Waals surface area contributed by atoms with Crippen LogP contribution in [0.25, 0.3) is 11.4 Å². The summed E-state index contributed by atoms with van der Waals surface area (Å²) in [5, 5.41) is 4.07. The first kappa shape index (κ1) is 13.6. The van der Waals surface area contributed by atoms with Crippen LogP contribution in [0.15, 0.2) is 10.7 Å². The lowest BCUT2D eigenvalue weighted by atomic mass is 9.89. The van der Waals surface area contributed by atoms with E-state index in [1.807, 2.05) is 0 Å².